The first kappa shape index (κ1) is 8.52. The predicted molar refractivity (Wildman–Crippen MR) is 48.6 cm³/mol. The van der Waals surface area contributed by atoms with E-state index in [9.17, 15) is 5.11 Å². The van der Waals surface area contributed by atoms with Crippen LogP contribution >= 0.6 is 0 Å². The molecule has 2 nitrogen and oxygen atoms in total. The average Bonchev–Trinajstić information content (AvgIpc) is 2.59. The Balaban J connectivity index is 1.92. The summed E-state index contributed by atoms with van der Waals surface area (Å²) in [5, 5.41) is 9.21. The predicted octanol–water partition coefficient (Wildman–Crippen LogP) is 1.13. The number of aliphatic hydroxyl groups is 1. The van der Waals surface area contributed by atoms with Gasteiger partial charge in [-0.3, -0.25) is 0 Å². The Kier molecular flexibility index (Phi) is 2.13. The lowest BCUT2D eigenvalue weighted by atomic mass is 9.94. The maximum Gasteiger partial charge on any atom is 0.0502 e. The summed E-state index contributed by atoms with van der Waals surface area (Å²) in [7, 11) is 0. The minimum Gasteiger partial charge on any atom is -0.396 e. The molecule has 0 heterocycles. The van der Waals surface area contributed by atoms with Crippen LogP contribution in [0.1, 0.15) is 32.1 Å². The molecule has 0 radical (unpaired) electrons. The quantitative estimate of drug-likeness (QED) is 0.665. The molecular weight excluding hydrogens is 150 g/mol. The molecule has 2 rings (SSSR count). The fourth-order valence-electron chi connectivity index (χ4n) is 2.89. The van der Waals surface area contributed by atoms with E-state index in [2.05, 4.69) is 0 Å². The van der Waals surface area contributed by atoms with Gasteiger partial charge in [0.25, 0.3) is 0 Å². The topological polar surface area (TPSA) is 46.2 Å². The van der Waals surface area contributed by atoms with E-state index in [1.165, 1.54) is 32.1 Å². The molecule has 2 fully saturated rings. The Bertz CT molecular complexity index is 159. The van der Waals surface area contributed by atoms with Crippen LogP contribution in [0, 0.1) is 17.3 Å². The number of aliphatic hydroxyl groups excluding tert-OH is 1. The minimum absolute atomic E-state index is 0.148. The second-order valence-electron chi connectivity index (χ2n) is 4.58. The van der Waals surface area contributed by atoms with Gasteiger partial charge >= 0.3 is 0 Å². The van der Waals surface area contributed by atoms with Crippen LogP contribution in [-0.4, -0.2) is 18.3 Å². The van der Waals surface area contributed by atoms with Gasteiger partial charge in [0.2, 0.25) is 0 Å². The van der Waals surface area contributed by atoms with Gasteiger partial charge in [-0.2, -0.15) is 0 Å². The molecule has 0 aromatic rings. The first-order valence-electron chi connectivity index (χ1n) is 5.13. The SMILES string of the molecule is NCC1(CO)CC1C1CCCC1. The molecule has 0 amide bonds. The molecule has 0 spiro atoms. The lowest BCUT2D eigenvalue weighted by Gasteiger charge is -2.15. The Morgan fingerprint density at radius 3 is 2.42 bits per heavy atom. The van der Waals surface area contributed by atoms with Crippen molar-refractivity contribution in [3.05, 3.63) is 0 Å². The Morgan fingerprint density at radius 2 is 2.00 bits per heavy atom. The van der Waals surface area contributed by atoms with Crippen molar-refractivity contribution in [1.29, 1.82) is 0 Å². The molecule has 0 saturated heterocycles. The van der Waals surface area contributed by atoms with Gasteiger partial charge in [-0.1, -0.05) is 25.7 Å². The van der Waals surface area contributed by atoms with Gasteiger partial charge in [-0.05, 0) is 18.3 Å². The van der Waals surface area contributed by atoms with E-state index < -0.39 is 0 Å². The van der Waals surface area contributed by atoms with Crippen molar-refractivity contribution in [3.8, 4) is 0 Å². The van der Waals surface area contributed by atoms with E-state index in [0.717, 1.165) is 11.8 Å². The highest BCUT2D eigenvalue weighted by molar-refractivity contribution is 5.06. The maximum atomic E-state index is 9.21. The van der Waals surface area contributed by atoms with Gasteiger partial charge in [0.1, 0.15) is 0 Å². The van der Waals surface area contributed by atoms with Gasteiger partial charge in [-0.25, -0.2) is 0 Å². The molecule has 0 bridgehead atoms. The zero-order chi connectivity index (χ0) is 8.60. The van der Waals surface area contributed by atoms with E-state index in [1.54, 1.807) is 0 Å². The monoisotopic (exact) mass is 169 g/mol. The van der Waals surface area contributed by atoms with Crippen molar-refractivity contribution in [1.82, 2.24) is 0 Å². The zero-order valence-electron chi connectivity index (χ0n) is 7.63. The molecule has 2 unspecified atom stereocenters. The molecule has 0 aromatic heterocycles. The second kappa shape index (κ2) is 3.00. The lowest BCUT2D eigenvalue weighted by Crippen LogP contribution is -2.23. The zero-order valence-corrected chi connectivity index (χ0v) is 7.63. The molecule has 2 atom stereocenters. The van der Waals surface area contributed by atoms with Crippen molar-refractivity contribution in [2.24, 2.45) is 23.0 Å². The van der Waals surface area contributed by atoms with Crippen LogP contribution in [0.25, 0.3) is 0 Å². The van der Waals surface area contributed by atoms with E-state index in [4.69, 9.17) is 5.73 Å². The smallest absolute Gasteiger partial charge is 0.0502 e. The Labute approximate surface area is 74.1 Å². The van der Waals surface area contributed by atoms with E-state index in [1.807, 2.05) is 0 Å². The highest BCUT2D eigenvalue weighted by Crippen LogP contribution is 2.58. The van der Waals surface area contributed by atoms with Crippen LogP contribution in [0.4, 0.5) is 0 Å². The highest BCUT2D eigenvalue weighted by atomic mass is 16.3. The van der Waals surface area contributed by atoms with E-state index in [0.29, 0.717) is 13.2 Å². The summed E-state index contributed by atoms with van der Waals surface area (Å²) in [5.74, 6) is 1.65. The fourth-order valence-corrected chi connectivity index (χ4v) is 2.89. The van der Waals surface area contributed by atoms with E-state index in [-0.39, 0.29) is 5.41 Å². The number of hydrogen-bond donors (Lipinski definition) is 2. The largest absolute Gasteiger partial charge is 0.396 e. The summed E-state index contributed by atoms with van der Waals surface area (Å²) in [6, 6.07) is 0. The van der Waals surface area contributed by atoms with Crippen LogP contribution in [-0.2, 0) is 0 Å². The van der Waals surface area contributed by atoms with Gasteiger partial charge in [-0.15, -0.1) is 0 Å². The van der Waals surface area contributed by atoms with Crippen molar-refractivity contribution < 1.29 is 5.11 Å². The van der Waals surface area contributed by atoms with Crippen molar-refractivity contribution >= 4 is 0 Å². The highest BCUT2D eigenvalue weighted by Gasteiger charge is 2.55. The first-order chi connectivity index (χ1) is 5.82. The van der Waals surface area contributed by atoms with Crippen LogP contribution in [0.15, 0.2) is 0 Å². The third kappa shape index (κ3) is 1.17. The number of nitrogens with two attached hydrogens (primary N) is 1. The summed E-state index contributed by atoms with van der Waals surface area (Å²) >= 11 is 0. The summed E-state index contributed by atoms with van der Waals surface area (Å²) < 4.78 is 0. The van der Waals surface area contributed by atoms with Crippen LogP contribution in [0.3, 0.4) is 0 Å². The lowest BCUT2D eigenvalue weighted by molar-refractivity contribution is 0.190. The molecule has 0 aliphatic heterocycles. The minimum atomic E-state index is 0.148. The van der Waals surface area contributed by atoms with Gasteiger partial charge in [0.05, 0.1) is 6.61 Å². The van der Waals surface area contributed by atoms with Crippen LogP contribution in [0.2, 0.25) is 0 Å². The molecule has 2 aliphatic rings. The Morgan fingerprint density at radius 1 is 1.33 bits per heavy atom. The summed E-state index contributed by atoms with van der Waals surface area (Å²) in [6.07, 6.45) is 6.74. The maximum absolute atomic E-state index is 9.21. The van der Waals surface area contributed by atoms with Crippen LogP contribution < -0.4 is 5.73 Å². The number of rotatable bonds is 3. The molecular formula is C10H19NO. The van der Waals surface area contributed by atoms with Gasteiger partial charge < -0.3 is 10.8 Å². The van der Waals surface area contributed by atoms with Crippen molar-refractivity contribution in [2.75, 3.05) is 13.2 Å². The molecule has 2 saturated carbocycles. The third-order valence-corrected chi connectivity index (χ3v) is 3.94. The summed E-state index contributed by atoms with van der Waals surface area (Å²) in [5.41, 5.74) is 5.83. The molecule has 70 valence electrons. The normalized spacial score (nSPS) is 42.0. The molecule has 12 heavy (non-hydrogen) atoms. The number of hydrogen-bond acceptors (Lipinski definition) is 2. The Hall–Kier alpha value is -0.0800. The average molecular weight is 169 g/mol. The molecule has 2 aliphatic carbocycles. The molecule has 2 heteroatoms. The first-order valence-corrected chi connectivity index (χ1v) is 5.13. The van der Waals surface area contributed by atoms with Gasteiger partial charge in [0, 0.05) is 12.0 Å². The van der Waals surface area contributed by atoms with Crippen LogP contribution in [0.5, 0.6) is 0 Å². The third-order valence-electron chi connectivity index (χ3n) is 3.94. The standard InChI is InChI=1S/C10H19NO/c11-6-10(7-12)5-9(10)8-3-1-2-4-8/h8-9,12H,1-7,11H2. The fraction of sp³-hybridized carbons (Fsp3) is 1.00. The molecule has 3 N–H and O–H groups in total. The van der Waals surface area contributed by atoms with Crippen molar-refractivity contribution in [3.63, 3.8) is 0 Å². The van der Waals surface area contributed by atoms with Crippen molar-refractivity contribution in [2.45, 2.75) is 32.1 Å². The second-order valence-corrected chi connectivity index (χ2v) is 4.58. The summed E-state index contributed by atoms with van der Waals surface area (Å²) in [4.78, 5) is 0. The van der Waals surface area contributed by atoms with Gasteiger partial charge in [0.15, 0.2) is 0 Å². The summed E-state index contributed by atoms with van der Waals surface area (Å²) in [6.45, 7) is 0.995. The van der Waals surface area contributed by atoms with E-state index >= 15 is 0 Å². The molecule has 0 aromatic carbocycles.